The SMILES string of the molecule is CC(Cc1ccccc1)C(=O)Nc1c(C(C)C)cc(C(C)C)cc1C(C)C. The average Bonchev–Trinajstić information content (AvgIpc) is 2.61. The van der Waals surface area contributed by atoms with Crippen LogP contribution >= 0.6 is 0 Å². The fraction of sp³-hybridized carbons (Fsp3) is 0.480. The van der Waals surface area contributed by atoms with Crippen LogP contribution < -0.4 is 5.32 Å². The van der Waals surface area contributed by atoms with Crippen molar-refractivity contribution in [2.45, 2.75) is 72.6 Å². The van der Waals surface area contributed by atoms with Gasteiger partial charge in [-0.25, -0.2) is 0 Å². The summed E-state index contributed by atoms with van der Waals surface area (Å²) in [7, 11) is 0. The second kappa shape index (κ2) is 9.21. The highest BCUT2D eigenvalue weighted by atomic mass is 16.1. The molecule has 0 saturated heterocycles. The largest absolute Gasteiger partial charge is 0.325 e. The van der Waals surface area contributed by atoms with E-state index in [1.165, 1.54) is 22.3 Å². The lowest BCUT2D eigenvalue weighted by Gasteiger charge is -2.24. The number of nitrogens with one attached hydrogen (secondary N) is 1. The molecule has 0 bridgehead atoms. The van der Waals surface area contributed by atoms with Crippen LogP contribution in [0, 0.1) is 5.92 Å². The van der Waals surface area contributed by atoms with Crippen molar-refractivity contribution in [3.63, 3.8) is 0 Å². The summed E-state index contributed by atoms with van der Waals surface area (Å²) in [6.07, 6.45) is 0.755. The third-order valence-corrected chi connectivity index (χ3v) is 5.21. The summed E-state index contributed by atoms with van der Waals surface area (Å²) in [5.74, 6) is 1.22. The smallest absolute Gasteiger partial charge is 0.227 e. The minimum Gasteiger partial charge on any atom is -0.325 e. The van der Waals surface area contributed by atoms with E-state index in [0.717, 1.165) is 12.1 Å². The molecule has 1 N–H and O–H groups in total. The lowest BCUT2D eigenvalue weighted by Crippen LogP contribution is -2.24. The summed E-state index contributed by atoms with van der Waals surface area (Å²) in [6.45, 7) is 15.3. The van der Waals surface area contributed by atoms with Gasteiger partial charge in [0.2, 0.25) is 5.91 Å². The second-order valence-corrected chi connectivity index (χ2v) is 8.62. The molecule has 0 aliphatic rings. The van der Waals surface area contributed by atoms with Gasteiger partial charge in [-0.3, -0.25) is 4.79 Å². The molecular weight excluding hydrogens is 330 g/mol. The third kappa shape index (κ3) is 5.45. The Morgan fingerprint density at radius 2 is 1.33 bits per heavy atom. The van der Waals surface area contributed by atoms with Crippen LogP contribution in [-0.4, -0.2) is 5.91 Å². The van der Waals surface area contributed by atoms with Crippen LogP contribution in [0.1, 0.15) is 88.5 Å². The minimum atomic E-state index is -0.0720. The number of carbonyl (C=O) groups is 1. The van der Waals surface area contributed by atoms with Gasteiger partial charge in [0.25, 0.3) is 0 Å². The zero-order valence-corrected chi connectivity index (χ0v) is 18.0. The van der Waals surface area contributed by atoms with Crippen LogP contribution in [0.15, 0.2) is 42.5 Å². The van der Waals surface area contributed by atoms with Gasteiger partial charge in [0.15, 0.2) is 0 Å². The van der Waals surface area contributed by atoms with Gasteiger partial charge >= 0.3 is 0 Å². The highest BCUT2D eigenvalue weighted by Gasteiger charge is 2.21. The van der Waals surface area contributed by atoms with E-state index in [4.69, 9.17) is 0 Å². The summed E-state index contributed by atoms with van der Waals surface area (Å²) in [5.41, 5.74) is 6.05. The van der Waals surface area contributed by atoms with Gasteiger partial charge in [0.05, 0.1) is 0 Å². The molecule has 1 atom stereocenters. The molecular formula is C25H35NO. The van der Waals surface area contributed by atoms with Crippen LogP contribution in [-0.2, 0) is 11.2 Å². The first-order chi connectivity index (χ1) is 12.7. The topological polar surface area (TPSA) is 29.1 Å². The number of hydrogen-bond donors (Lipinski definition) is 1. The average molecular weight is 366 g/mol. The lowest BCUT2D eigenvalue weighted by molar-refractivity contribution is -0.119. The van der Waals surface area contributed by atoms with Gasteiger partial charge < -0.3 is 5.32 Å². The number of carbonyl (C=O) groups excluding carboxylic acids is 1. The first-order valence-corrected chi connectivity index (χ1v) is 10.2. The maximum atomic E-state index is 13.0. The third-order valence-electron chi connectivity index (χ3n) is 5.21. The van der Waals surface area contributed by atoms with E-state index in [9.17, 15) is 4.79 Å². The van der Waals surface area contributed by atoms with Gasteiger partial charge in [0.1, 0.15) is 0 Å². The summed E-state index contributed by atoms with van der Waals surface area (Å²) < 4.78 is 0. The van der Waals surface area contributed by atoms with Crippen molar-refractivity contribution in [2.75, 3.05) is 5.32 Å². The zero-order valence-electron chi connectivity index (χ0n) is 18.0. The normalized spacial score (nSPS) is 12.7. The van der Waals surface area contributed by atoms with Crippen LogP contribution in [0.2, 0.25) is 0 Å². The molecule has 1 amide bonds. The second-order valence-electron chi connectivity index (χ2n) is 8.62. The van der Waals surface area contributed by atoms with Crippen molar-refractivity contribution in [2.24, 2.45) is 5.92 Å². The van der Waals surface area contributed by atoms with E-state index >= 15 is 0 Å². The quantitative estimate of drug-likeness (QED) is 0.569. The molecule has 0 aliphatic carbocycles. The van der Waals surface area contributed by atoms with Crippen molar-refractivity contribution in [1.29, 1.82) is 0 Å². The maximum absolute atomic E-state index is 13.0. The van der Waals surface area contributed by atoms with E-state index in [1.807, 2.05) is 25.1 Å². The molecule has 0 aliphatic heterocycles. The van der Waals surface area contributed by atoms with Gasteiger partial charge in [-0.2, -0.15) is 0 Å². The molecule has 1 unspecified atom stereocenters. The van der Waals surface area contributed by atoms with Crippen LogP contribution in [0.5, 0.6) is 0 Å². The molecule has 2 aromatic carbocycles. The Bertz CT molecular complexity index is 730. The molecule has 2 heteroatoms. The molecule has 0 saturated carbocycles. The Labute approximate surface area is 165 Å². The number of rotatable bonds is 7. The highest BCUT2D eigenvalue weighted by Crippen LogP contribution is 2.36. The maximum Gasteiger partial charge on any atom is 0.227 e. The van der Waals surface area contributed by atoms with Crippen LogP contribution in [0.4, 0.5) is 5.69 Å². The van der Waals surface area contributed by atoms with Crippen molar-refractivity contribution >= 4 is 11.6 Å². The van der Waals surface area contributed by atoms with Gasteiger partial charge in [-0.1, -0.05) is 90.9 Å². The molecule has 0 aromatic heterocycles. The molecule has 0 fully saturated rings. The summed E-state index contributed by atoms with van der Waals surface area (Å²) in [5, 5.41) is 3.29. The van der Waals surface area contributed by atoms with Gasteiger partial charge in [-0.05, 0) is 46.4 Å². The first-order valence-electron chi connectivity index (χ1n) is 10.2. The molecule has 0 radical (unpaired) electrons. The lowest BCUT2D eigenvalue weighted by atomic mass is 9.87. The Kier molecular flexibility index (Phi) is 7.24. The van der Waals surface area contributed by atoms with E-state index in [0.29, 0.717) is 17.8 Å². The predicted octanol–water partition coefficient (Wildman–Crippen LogP) is 6.87. The Hall–Kier alpha value is -2.09. The molecule has 2 rings (SSSR count). The summed E-state index contributed by atoms with van der Waals surface area (Å²) in [4.78, 5) is 13.0. The van der Waals surface area contributed by atoms with E-state index in [1.54, 1.807) is 0 Å². The zero-order chi connectivity index (χ0) is 20.1. The summed E-state index contributed by atoms with van der Waals surface area (Å²) in [6, 6.07) is 14.8. The molecule has 0 heterocycles. The number of anilines is 1. The fourth-order valence-corrected chi connectivity index (χ4v) is 3.41. The van der Waals surface area contributed by atoms with Crippen molar-refractivity contribution in [3.8, 4) is 0 Å². The van der Waals surface area contributed by atoms with Gasteiger partial charge in [0, 0.05) is 11.6 Å². The monoisotopic (exact) mass is 365 g/mol. The fourth-order valence-electron chi connectivity index (χ4n) is 3.41. The Morgan fingerprint density at radius 1 is 0.815 bits per heavy atom. The van der Waals surface area contributed by atoms with Crippen molar-refractivity contribution in [3.05, 3.63) is 64.7 Å². The van der Waals surface area contributed by atoms with Crippen LogP contribution in [0.3, 0.4) is 0 Å². The number of benzene rings is 2. The van der Waals surface area contributed by atoms with Gasteiger partial charge in [-0.15, -0.1) is 0 Å². The van der Waals surface area contributed by atoms with Crippen molar-refractivity contribution < 1.29 is 4.79 Å². The van der Waals surface area contributed by atoms with Crippen LogP contribution in [0.25, 0.3) is 0 Å². The van der Waals surface area contributed by atoms with E-state index in [-0.39, 0.29) is 11.8 Å². The summed E-state index contributed by atoms with van der Waals surface area (Å²) >= 11 is 0. The van der Waals surface area contributed by atoms with E-state index < -0.39 is 0 Å². The molecule has 27 heavy (non-hydrogen) atoms. The first kappa shape index (κ1) is 21.2. The highest BCUT2D eigenvalue weighted by molar-refractivity contribution is 5.94. The Morgan fingerprint density at radius 3 is 1.78 bits per heavy atom. The predicted molar refractivity (Wildman–Crippen MR) is 117 cm³/mol. The molecule has 146 valence electrons. The van der Waals surface area contributed by atoms with Crippen molar-refractivity contribution in [1.82, 2.24) is 0 Å². The molecule has 2 nitrogen and oxygen atoms in total. The standard InChI is InChI=1S/C25H35NO/c1-16(2)21-14-22(17(3)4)24(23(15-21)18(5)6)26-25(27)19(7)13-20-11-9-8-10-12-20/h8-12,14-19H,13H2,1-7H3,(H,26,27). The van der Waals surface area contributed by atoms with E-state index in [2.05, 4.69) is 71.1 Å². The minimum absolute atomic E-state index is 0.0720. The Balaban J connectivity index is 2.34. The number of hydrogen-bond acceptors (Lipinski definition) is 1. The molecule has 0 spiro atoms. The molecule has 2 aromatic rings. The number of amides is 1.